The number of amides is 3. The summed E-state index contributed by atoms with van der Waals surface area (Å²) >= 11 is 1.22. The molecule has 3 aromatic carbocycles. The minimum atomic E-state index is -4.76. The third kappa shape index (κ3) is 7.09. The van der Waals surface area contributed by atoms with E-state index >= 15 is 0 Å². The summed E-state index contributed by atoms with van der Waals surface area (Å²) in [5.74, 6) is 0.173. The van der Waals surface area contributed by atoms with E-state index in [1.54, 1.807) is 0 Å². The number of aliphatic imine (C=N–C) groups is 1. The van der Waals surface area contributed by atoms with Gasteiger partial charge in [0.15, 0.2) is 11.0 Å². The van der Waals surface area contributed by atoms with Crippen molar-refractivity contribution in [3.05, 3.63) is 89.7 Å². The highest BCUT2D eigenvalue weighted by Gasteiger charge is 2.33. The molecule has 1 unspecified atom stereocenters. The van der Waals surface area contributed by atoms with Crippen LogP contribution in [0, 0.1) is 6.92 Å². The summed E-state index contributed by atoms with van der Waals surface area (Å²) in [6, 6.07) is 17.6. The number of aromatic nitrogens is 3. The number of carbonyl (C=O) groups excluding carboxylic acids is 2. The summed E-state index contributed by atoms with van der Waals surface area (Å²) in [7, 11) is 0. The van der Waals surface area contributed by atoms with E-state index in [-0.39, 0.29) is 23.5 Å². The molecule has 1 fully saturated rings. The first-order chi connectivity index (χ1) is 21.0. The van der Waals surface area contributed by atoms with Gasteiger partial charge in [0, 0.05) is 11.6 Å². The topological polar surface area (TPSA) is 114 Å². The molecule has 2 heterocycles. The maximum Gasteiger partial charge on any atom is 0.573 e. The molecular weight excluding hydrogens is 595 g/mol. The largest absolute Gasteiger partial charge is 0.573 e. The van der Waals surface area contributed by atoms with E-state index in [2.05, 4.69) is 30.7 Å². The normalized spacial score (nSPS) is 15.1. The lowest BCUT2D eigenvalue weighted by Crippen LogP contribution is -2.39. The van der Waals surface area contributed by atoms with Gasteiger partial charge in [-0.25, -0.2) is 19.9 Å². The van der Waals surface area contributed by atoms with Crippen LogP contribution in [0.3, 0.4) is 0 Å². The lowest BCUT2D eigenvalue weighted by molar-refractivity contribution is -0.274. The Morgan fingerprint density at radius 1 is 1.11 bits per heavy atom. The Balaban J connectivity index is 1.20. The van der Waals surface area contributed by atoms with Crippen LogP contribution in [0.2, 0.25) is 0 Å². The number of halogens is 3. The van der Waals surface area contributed by atoms with Crippen molar-refractivity contribution in [1.29, 1.82) is 0 Å². The third-order valence-corrected chi connectivity index (χ3v) is 7.70. The zero-order chi connectivity index (χ0) is 31.4. The Kier molecular flexibility index (Phi) is 9.01. The number of urea groups is 1. The van der Waals surface area contributed by atoms with E-state index in [0.29, 0.717) is 16.7 Å². The lowest BCUT2D eigenvalue weighted by Gasteiger charge is -2.21. The second kappa shape index (κ2) is 12.9. The molecule has 0 bridgehead atoms. The van der Waals surface area contributed by atoms with Gasteiger partial charge in [0.25, 0.3) is 0 Å². The average Bonchev–Trinajstić information content (AvgIpc) is 3.62. The van der Waals surface area contributed by atoms with Crippen molar-refractivity contribution in [2.45, 2.75) is 39.6 Å². The predicted molar refractivity (Wildman–Crippen MR) is 161 cm³/mol. The zero-order valence-electron chi connectivity index (χ0n) is 23.9. The second-order valence-corrected chi connectivity index (χ2v) is 10.8. The van der Waals surface area contributed by atoms with Crippen LogP contribution in [0.25, 0.3) is 17.1 Å². The second-order valence-electron chi connectivity index (χ2n) is 9.82. The molecule has 4 aromatic rings. The highest BCUT2D eigenvalue weighted by molar-refractivity contribution is 8.15. The van der Waals surface area contributed by atoms with Crippen molar-refractivity contribution in [2.24, 2.45) is 4.99 Å². The number of thioether (sulfide) groups is 1. The number of anilines is 1. The van der Waals surface area contributed by atoms with Crippen LogP contribution in [0.4, 0.5) is 23.7 Å². The number of nitrogens with one attached hydrogen (secondary N) is 2. The molecule has 0 aliphatic carbocycles. The lowest BCUT2D eigenvalue weighted by atomic mass is 10.0. The Morgan fingerprint density at radius 3 is 2.52 bits per heavy atom. The summed E-state index contributed by atoms with van der Waals surface area (Å²) in [4.78, 5) is 35.4. The molecule has 3 amide bonds. The number of hydrogen-bond acceptors (Lipinski definition) is 7. The first-order valence-electron chi connectivity index (χ1n) is 13.6. The Bertz CT molecular complexity index is 1690. The van der Waals surface area contributed by atoms with Crippen molar-refractivity contribution in [2.75, 3.05) is 10.7 Å². The van der Waals surface area contributed by atoms with Crippen molar-refractivity contribution >= 4 is 34.6 Å². The molecule has 0 radical (unpaired) electrons. The van der Waals surface area contributed by atoms with Gasteiger partial charge < -0.3 is 4.74 Å². The molecular formula is C30H28F3N7O3S. The van der Waals surface area contributed by atoms with Crippen molar-refractivity contribution in [3.63, 3.8) is 0 Å². The predicted octanol–water partition coefficient (Wildman–Crippen LogP) is 6.11. The molecule has 1 saturated heterocycles. The molecule has 10 nitrogen and oxygen atoms in total. The summed E-state index contributed by atoms with van der Waals surface area (Å²) in [5, 5.41) is 4.74. The third-order valence-electron chi connectivity index (χ3n) is 6.78. The van der Waals surface area contributed by atoms with Gasteiger partial charge in [-0.2, -0.15) is 4.99 Å². The van der Waals surface area contributed by atoms with Crippen LogP contribution >= 0.6 is 11.8 Å². The maximum absolute atomic E-state index is 12.7. The van der Waals surface area contributed by atoms with Crippen LogP contribution < -0.4 is 20.5 Å². The standard InChI is InChI=1S/C30H28F3N7O3S/c1-4-20-7-5-6-18(2)26(20)40-25(41)16-44-29(40)35-28(42)37-36-19(3)21-8-10-22(11-9-21)27-34-17-39(38-27)23-12-14-24(15-13-23)43-30(31,32)33/h5-15,17,19,36H,4,16H2,1-3H3,(H,37,42). The van der Waals surface area contributed by atoms with Gasteiger partial charge in [-0.05, 0) is 61.2 Å². The average molecular weight is 624 g/mol. The highest BCUT2D eigenvalue weighted by Crippen LogP contribution is 2.33. The van der Waals surface area contributed by atoms with Gasteiger partial charge in [-0.15, -0.1) is 18.3 Å². The number of para-hydroxylation sites is 1. The quantitative estimate of drug-likeness (QED) is 0.228. The summed E-state index contributed by atoms with van der Waals surface area (Å²) in [5.41, 5.74) is 10.3. The van der Waals surface area contributed by atoms with Crippen LogP contribution in [-0.2, 0) is 11.2 Å². The highest BCUT2D eigenvalue weighted by atomic mass is 32.2. The molecule has 2 N–H and O–H groups in total. The summed E-state index contributed by atoms with van der Waals surface area (Å²) in [6.07, 6.45) is -2.57. The fraction of sp³-hybridized carbons (Fsp3) is 0.233. The van der Waals surface area contributed by atoms with Gasteiger partial charge in [-0.1, -0.05) is 61.2 Å². The van der Waals surface area contributed by atoms with Gasteiger partial charge in [-0.3, -0.25) is 15.1 Å². The van der Waals surface area contributed by atoms with Crippen LogP contribution in [0.5, 0.6) is 5.75 Å². The Labute approximate surface area is 255 Å². The van der Waals surface area contributed by atoms with E-state index in [1.807, 2.05) is 63.2 Å². The zero-order valence-corrected chi connectivity index (χ0v) is 24.7. The number of benzene rings is 3. The number of nitrogens with zero attached hydrogens (tertiary/aromatic N) is 5. The molecule has 228 valence electrons. The maximum atomic E-state index is 12.7. The van der Waals surface area contributed by atoms with Gasteiger partial charge in [0.05, 0.1) is 17.1 Å². The fourth-order valence-corrected chi connectivity index (χ4v) is 5.45. The van der Waals surface area contributed by atoms with E-state index in [9.17, 15) is 22.8 Å². The molecule has 1 atom stereocenters. The smallest absolute Gasteiger partial charge is 0.406 e. The van der Waals surface area contributed by atoms with Crippen LogP contribution in [0.1, 0.15) is 36.6 Å². The van der Waals surface area contributed by atoms with Crippen molar-refractivity contribution < 1.29 is 27.5 Å². The van der Waals surface area contributed by atoms with Crippen molar-refractivity contribution in [1.82, 2.24) is 25.6 Å². The number of amidine groups is 1. The molecule has 1 aliphatic heterocycles. The number of hydrogen-bond donors (Lipinski definition) is 2. The molecule has 0 spiro atoms. The molecule has 1 aromatic heterocycles. The Hall–Kier alpha value is -4.69. The molecule has 44 heavy (non-hydrogen) atoms. The number of hydrazine groups is 1. The summed E-state index contributed by atoms with van der Waals surface area (Å²) < 4.78 is 42.6. The molecule has 0 saturated carbocycles. The van der Waals surface area contributed by atoms with E-state index < -0.39 is 12.4 Å². The van der Waals surface area contributed by atoms with E-state index in [1.165, 1.54) is 51.9 Å². The van der Waals surface area contributed by atoms with Gasteiger partial charge in [0.2, 0.25) is 5.91 Å². The number of aryl methyl sites for hydroxylation is 2. The van der Waals surface area contributed by atoms with Crippen molar-refractivity contribution in [3.8, 4) is 22.8 Å². The summed E-state index contributed by atoms with van der Waals surface area (Å²) in [6.45, 7) is 5.80. The fourth-order valence-electron chi connectivity index (χ4n) is 4.60. The van der Waals surface area contributed by atoms with Crippen LogP contribution in [-0.4, -0.2) is 44.0 Å². The number of alkyl halides is 3. The molecule has 1 aliphatic rings. The number of ether oxygens (including phenoxy) is 1. The molecule has 14 heteroatoms. The first kappa shape index (κ1) is 30.8. The monoisotopic (exact) mass is 623 g/mol. The molecule has 5 rings (SSSR count). The minimum Gasteiger partial charge on any atom is -0.406 e. The SMILES string of the molecule is CCc1cccc(C)c1N1C(=O)CSC1=NC(=O)NNC(C)c1ccc(-c2ncn(-c3ccc(OC(F)(F)F)cc3)n2)cc1. The first-order valence-corrected chi connectivity index (χ1v) is 14.6. The number of rotatable bonds is 8. The number of carbonyl (C=O) groups is 2. The van der Waals surface area contributed by atoms with Gasteiger partial charge in [0.1, 0.15) is 12.1 Å². The minimum absolute atomic E-state index is 0.125. The van der Waals surface area contributed by atoms with Crippen LogP contribution in [0.15, 0.2) is 78.0 Å². The van der Waals surface area contributed by atoms with E-state index in [4.69, 9.17) is 0 Å². The van der Waals surface area contributed by atoms with E-state index in [0.717, 1.165) is 34.4 Å². The Morgan fingerprint density at radius 2 is 1.84 bits per heavy atom. The van der Waals surface area contributed by atoms with Gasteiger partial charge >= 0.3 is 12.4 Å².